The summed E-state index contributed by atoms with van der Waals surface area (Å²) in [5.74, 6) is 0.805. The lowest BCUT2D eigenvalue weighted by Gasteiger charge is -2.10. The normalized spacial score (nSPS) is 11.1. The van der Waals surface area contributed by atoms with Gasteiger partial charge in [-0.1, -0.05) is 23.7 Å². The Morgan fingerprint density at radius 2 is 1.51 bits per heavy atom. The highest BCUT2D eigenvalue weighted by atomic mass is 35.5. The largest absolute Gasteiger partial charge is 0.424 e. The van der Waals surface area contributed by atoms with Crippen LogP contribution >= 0.6 is 11.6 Å². The van der Waals surface area contributed by atoms with E-state index in [2.05, 4.69) is 25.6 Å². The SMILES string of the molecule is Nc1ncc(Cl)cc1-c1ccc(Oc2ncc(NC(=O)Nc3ccc(C(F)(F)F)cc3)cn2)cc1. The number of hydrogen-bond donors (Lipinski definition) is 3. The topological polar surface area (TPSA) is 115 Å². The van der Waals surface area contributed by atoms with Crippen LogP contribution in [0.4, 0.5) is 35.2 Å². The Morgan fingerprint density at radius 3 is 2.14 bits per heavy atom. The van der Waals surface area contributed by atoms with Gasteiger partial charge in [-0.2, -0.15) is 13.2 Å². The van der Waals surface area contributed by atoms with Crippen molar-refractivity contribution in [2.75, 3.05) is 16.4 Å². The van der Waals surface area contributed by atoms with Gasteiger partial charge in [0.2, 0.25) is 0 Å². The van der Waals surface area contributed by atoms with Crippen LogP contribution in [0.25, 0.3) is 11.1 Å². The third-order valence-corrected chi connectivity index (χ3v) is 4.82. The van der Waals surface area contributed by atoms with Crippen molar-refractivity contribution in [1.82, 2.24) is 15.0 Å². The van der Waals surface area contributed by atoms with E-state index in [0.717, 1.165) is 29.8 Å². The fraction of sp³-hybridized carbons (Fsp3) is 0.0435. The number of hydrogen-bond acceptors (Lipinski definition) is 6. The van der Waals surface area contributed by atoms with Gasteiger partial charge in [0.25, 0.3) is 0 Å². The average Bonchev–Trinajstić information content (AvgIpc) is 2.82. The van der Waals surface area contributed by atoms with Crippen molar-refractivity contribution < 1.29 is 22.7 Å². The van der Waals surface area contributed by atoms with Gasteiger partial charge < -0.3 is 21.1 Å². The molecule has 0 aliphatic rings. The number of carbonyl (C=O) groups is 1. The molecule has 0 aliphatic heterocycles. The number of rotatable bonds is 5. The zero-order valence-corrected chi connectivity index (χ0v) is 18.4. The molecule has 0 atom stereocenters. The van der Waals surface area contributed by atoms with E-state index in [1.54, 1.807) is 30.3 Å². The number of nitrogen functional groups attached to an aromatic ring is 1. The van der Waals surface area contributed by atoms with Crippen LogP contribution in [0.2, 0.25) is 5.02 Å². The van der Waals surface area contributed by atoms with Crippen LogP contribution in [0, 0.1) is 0 Å². The standard InChI is InChI=1S/C23H16ClF3N6O2/c24-15-9-19(20(28)29-10-15)13-1-7-18(8-2-13)35-22-30-11-17(12-31-22)33-21(34)32-16-5-3-14(4-6-16)23(25,26)27/h1-12H,(H2,28,29)(H2,32,33,34). The zero-order chi connectivity index (χ0) is 25.0. The summed E-state index contributed by atoms with van der Waals surface area (Å²) in [5.41, 5.74) is 7.01. The summed E-state index contributed by atoms with van der Waals surface area (Å²) in [4.78, 5) is 24.2. The van der Waals surface area contributed by atoms with E-state index in [0.29, 0.717) is 22.2 Å². The summed E-state index contributed by atoms with van der Waals surface area (Å²) in [6.07, 6.45) is -0.347. The van der Waals surface area contributed by atoms with Crippen molar-refractivity contribution in [2.45, 2.75) is 6.18 Å². The van der Waals surface area contributed by atoms with Crippen LogP contribution in [0.1, 0.15) is 5.56 Å². The van der Waals surface area contributed by atoms with Crippen molar-refractivity contribution in [3.8, 4) is 22.9 Å². The van der Waals surface area contributed by atoms with Crippen molar-refractivity contribution in [3.05, 3.63) is 83.8 Å². The Morgan fingerprint density at radius 1 is 0.886 bits per heavy atom. The highest BCUT2D eigenvalue weighted by Gasteiger charge is 2.30. The highest BCUT2D eigenvalue weighted by Crippen LogP contribution is 2.30. The highest BCUT2D eigenvalue weighted by molar-refractivity contribution is 6.30. The lowest BCUT2D eigenvalue weighted by Crippen LogP contribution is -2.19. The van der Waals surface area contributed by atoms with Gasteiger partial charge in [0.05, 0.1) is 28.7 Å². The predicted molar refractivity (Wildman–Crippen MR) is 125 cm³/mol. The molecule has 0 fully saturated rings. The molecule has 0 radical (unpaired) electrons. The Kier molecular flexibility index (Phi) is 6.69. The minimum atomic E-state index is -4.45. The van der Waals surface area contributed by atoms with Gasteiger partial charge >= 0.3 is 18.2 Å². The third-order valence-electron chi connectivity index (χ3n) is 4.62. The number of urea groups is 1. The molecule has 4 rings (SSSR count). The molecular weight excluding hydrogens is 485 g/mol. The predicted octanol–water partition coefficient (Wildman–Crippen LogP) is 6.23. The Balaban J connectivity index is 1.34. The number of ether oxygens (including phenoxy) is 1. The van der Waals surface area contributed by atoms with E-state index in [4.69, 9.17) is 22.1 Å². The molecule has 2 aromatic carbocycles. The second kappa shape index (κ2) is 9.85. The lowest BCUT2D eigenvalue weighted by molar-refractivity contribution is -0.137. The molecule has 2 amide bonds. The molecule has 0 aliphatic carbocycles. The molecule has 0 saturated heterocycles. The molecule has 4 N–H and O–H groups in total. The van der Waals surface area contributed by atoms with Crippen LogP contribution < -0.4 is 21.1 Å². The summed E-state index contributed by atoms with van der Waals surface area (Å²) in [5, 5.41) is 5.37. The van der Waals surface area contributed by atoms with E-state index in [1.165, 1.54) is 18.6 Å². The number of anilines is 3. The Hall–Kier alpha value is -4.38. The van der Waals surface area contributed by atoms with Crippen molar-refractivity contribution in [1.29, 1.82) is 0 Å². The second-order valence-electron chi connectivity index (χ2n) is 7.12. The first-order chi connectivity index (χ1) is 16.7. The number of pyridine rings is 1. The van der Waals surface area contributed by atoms with Crippen LogP contribution in [-0.4, -0.2) is 21.0 Å². The average molecular weight is 501 g/mol. The van der Waals surface area contributed by atoms with E-state index in [1.807, 2.05) is 0 Å². The first-order valence-electron chi connectivity index (χ1n) is 9.94. The lowest BCUT2D eigenvalue weighted by atomic mass is 10.1. The number of amides is 2. The van der Waals surface area contributed by atoms with E-state index in [-0.39, 0.29) is 17.4 Å². The van der Waals surface area contributed by atoms with Crippen LogP contribution in [0.3, 0.4) is 0 Å². The first-order valence-corrected chi connectivity index (χ1v) is 10.3. The summed E-state index contributed by atoms with van der Waals surface area (Å²) < 4.78 is 43.5. The fourth-order valence-corrected chi connectivity index (χ4v) is 3.12. The van der Waals surface area contributed by atoms with E-state index in [9.17, 15) is 18.0 Å². The summed E-state index contributed by atoms with van der Waals surface area (Å²) in [7, 11) is 0. The van der Waals surface area contributed by atoms with Crippen LogP contribution in [0.5, 0.6) is 11.8 Å². The molecule has 35 heavy (non-hydrogen) atoms. The number of halogens is 4. The maximum Gasteiger partial charge on any atom is 0.416 e. The van der Waals surface area contributed by atoms with Crippen molar-refractivity contribution in [3.63, 3.8) is 0 Å². The monoisotopic (exact) mass is 500 g/mol. The maximum atomic E-state index is 12.6. The van der Waals surface area contributed by atoms with Gasteiger partial charge in [-0.25, -0.2) is 19.7 Å². The number of nitrogens with one attached hydrogen (secondary N) is 2. The molecule has 12 heteroatoms. The number of alkyl halides is 3. The minimum absolute atomic E-state index is 0.0374. The quantitative estimate of drug-likeness (QED) is 0.299. The zero-order valence-electron chi connectivity index (χ0n) is 17.7. The summed E-state index contributed by atoms with van der Waals surface area (Å²) >= 11 is 5.98. The van der Waals surface area contributed by atoms with Crippen LogP contribution in [-0.2, 0) is 6.18 Å². The van der Waals surface area contributed by atoms with Gasteiger partial charge in [0.15, 0.2) is 0 Å². The van der Waals surface area contributed by atoms with Gasteiger partial charge in [0, 0.05) is 17.4 Å². The summed E-state index contributed by atoms with van der Waals surface area (Å²) in [6, 6.07) is 12.1. The van der Waals surface area contributed by atoms with Gasteiger partial charge in [-0.3, -0.25) is 0 Å². The molecule has 2 heterocycles. The molecule has 178 valence electrons. The molecule has 4 aromatic rings. The molecule has 0 bridgehead atoms. The number of nitrogens with two attached hydrogens (primary N) is 1. The molecule has 8 nitrogen and oxygen atoms in total. The smallest absolute Gasteiger partial charge is 0.416 e. The molecule has 0 unspecified atom stereocenters. The van der Waals surface area contributed by atoms with E-state index < -0.39 is 17.8 Å². The maximum absolute atomic E-state index is 12.6. The van der Waals surface area contributed by atoms with Gasteiger partial charge in [-0.15, -0.1) is 0 Å². The molecular formula is C23H16ClF3N6O2. The van der Waals surface area contributed by atoms with Crippen molar-refractivity contribution in [2.24, 2.45) is 0 Å². The van der Waals surface area contributed by atoms with Crippen LogP contribution in [0.15, 0.2) is 73.2 Å². The third kappa shape index (κ3) is 6.15. The van der Waals surface area contributed by atoms with Gasteiger partial charge in [-0.05, 0) is 48.0 Å². The molecule has 0 saturated carbocycles. The Labute approximate surface area is 202 Å². The minimum Gasteiger partial charge on any atom is -0.424 e. The molecule has 0 spiro atoms. The van der Waals surface area contributed by atoms with E-state index >= 15 is 0 Å². The summed E-state index contributed by atoms with van der Waals surface area (Å²) in [6.45, 7) is 0. The van der Waals surface area contributed by atoms with Crippen molar-refractivity contribution >= 4 is 34.8 Å². The first kappa shape index (κ1) is 23.8. The fourth-order valence-electron chi connectivity index (χ4n) is 2.96. The number of benzene rings is 2. The molecule has 2 aromatic heterocycles. The Bertz CT molecular complexity index is 1330. The van der Waals surface area contributed by atoms with Gasteiger partial charge in [0.1, 0.15) is 11.6 Å². The number of nitrogens with zero attached hydrogens (tertiary/aromatic N) is 3. The number of aromatic nitrogens is 3. The number of carbonyl (C=O) groups excluding carboxylic acids is 1. The second-order valence-corrected chi connectivity index (χ2v) is 7.56.